The number of guanidine groups is 1. The smallest absolute Gasteiger partial charge is 0.194 e. The summed E-state index contributed by atoms with van der Waals surface area (Å²) in [5.41, 5.74) is 1.26. The number of aromatic nitrogens is 2. The standard InChI is InChI=1S/C20H33N5O2/c1-5-21-19(23-17-15-7-6-9-27-18(15)20(17,2)3)25-8-10-26-16(13-25)14-11-22-24(4)12-14/h11-12,15-18H,5-10,13H2,1-4H3,(H,21,23). The van der Waals surface area contributed by atoms with E-state index in [1.807, 2.05) is 24.1 Å². The summed E-state index contributed by atoms with van der Waals surface area (Å²) in [7, 11) is 1.94. The zero-order valence-electron chi connectivity index (χ0n) is 17.0. The molecule has 150 valence electrons. The van der Waals surface area contributed by atoms with Gasteiger partial charge in [0, 0.05) is 55.9 Å². The summed E-state index contributed by atoms with van der Waals surface area (Å²) in [6.07, 6.45) is 6.76. The van der Waals surface area contributed by atoms with Gasteiger partial charge in [-0.2, -0.15) is 5.10 Å². The second-order valence-electron chi connectivity index (χ2n) is 8.59. The molecule has 1 aliphatic carbocycles. The lowest BCUT2D eigenvalue weighted by Gasteiger charge is -2.60. The van der Waals surface area contributed by atoms with Gasteiger partial charge in [-0.25, -0.2) is 0 Å². The molecule has 4 unspecified atom stereocenters. The van der Waals surface area contributed by atoms with Crippen molar-refractivity contribution in [3.8, 4) is 0 Å². The van der Waals surface area contributed by atoms with Crippen molar-refractivity contribution in [2.75, 3.05) is 32.8 Å². The molecule has 0 radical (unpaired) electrons. The minimum Gasteiger partial charge on any atom is -0.377 e. The number of nitrogens with zero attached hydrogens (tertiary/aromatic N) is 4. The second kappa shape index (κ2) is 7.43. The van der Waals surface area contributed by atoms with Gasteiger partial charge in [-0.15, -0.1) is 0 Å². The summed E-state index contributed by atoms with van der Waals surface area (Å²) in [4.78, 5) is 7.17. The molecule has 3 fully saturated rings. The van der Waals surface area contributed by atoms with Crippen molar-refractivity contribution >= 4 is 5.96 Å². The fourth-order valence-corrected chi connectivity index (χ4v) is 4.99. The molecule has 7 nitrogen and oxygen atoms in total. The predicted octanol–water partition coefficient (Wildman–Crippen LogP) is 1.96. The number of aliphatic imine (C=N–C) groups is 1. The highest BCUT2D eigenvalue weighted by molar-refractivity contribution is 5.80. The van der Waals surface area contributed by atoms with Crippen molar-refractivity contribution in [1.82, 2.24) is 20.0 Å². The van der Waals surface area contributed by atoms with Crippen LogP contribution in [0, 0.1) is 11.3 Å². The molecule has 3 aliphatic rings. The molecule has 0 bridgehead atoms. The van der Waals surface area contributed by atoms with E-state index < -0.39 is 0 Å². The third-order valence-electron chi connectivity index (χ3n) is 6.39. The lowest BCUT2D eigenvalue weighted by atomic mass is 9.55. The normalized spacial score (nSPS) is 33.3. The lowest BCUT2D eigenvalue weighted by Crippen LogP contribution is -2.71. The summed E-state index contributed by atoms with van der Waals surface area (Å²) in [6, 6.07) is 0.410. The summed E-state index contributed by atoms with van der Waals surface area (Å²) >= 11 is 0. The first-order valence-corrected chi connectivity index (χ1v) is 10.3. The lowest BCUT2D eigenvalue weighted by molar-refractivity contribution is -0.189. The molecule has 1 aromatic rings. The Morgan fingerprint density at radius 1 is 1.37 bits per heavy atom. The van der Waals surface area contributed by atoms with E-state index in [2.05, 4.69) is 36.1 Å². The van der Waals surface area contributed by atoms with Gasteiger partial charge in [-0.05, 0) is 19.8 Å². The van der Waals surface area contributed by atoms with Gasteiger partial charge in [0.1, 0.15) is 6.10 Å². The average molecular weight is 376 g/mol. The molecule has 0 spiro atoms. The van der Waals surface area contributed by atoms with Crippen molar-refractivity contribution < 1.29 is 9.47 Å². The third kappa shape index (κ3) is 3.47. The molecule has 2 saturated heterocycles. The predicted molar refractivity (Wildman–Crippen MR) is 105 cm³/mol. The Kier molecular flexibility index (Phi) is 5.16. The van der Waals surface area contributed by atoms with Gasteiger partial charge >= 0.3 is 0 Å². The molecule has 1 N–H and O–H groups in total. The number of rotatable bonds is 3. The summed E-state index contributed by atoms with van der Waals surface area (Å²) < 4.78 is 13.9. The number of nitrogens with one attached hydrogen (secondary N) is 1. The van der Waals surface area contributed by atoms with Crippen LogP contribution in [0.1, 0.15) is 45.3 Å². The highest BCUT2D eigenvalue weighted by Gasteiger charge is 2.58. The minimum absolute atomic E-state index is 0.0384. The van der Waals surface area contributed by atoms with E-state index in [9.17, 15) is 0 Å². The van der Waals surface area contributed by atoms with Crippen LogP contribution < -0.4 is 5.32 Å². The number of morpholine rings is 1. The topological polar surface area (TPSA) is 63.9 Å². The largest absolute Gasteiger partial charge is 0.377 e. The van der Waals surface area contributed by atoms with Crippen LogP contribution in [0.15, 0.2) is 17.4 Å². The maximum absolute atomic E-state index is 6.06. The van der Waals surface area contributed by atoms with Crippen LogP contribution >= 0.6 is 0 Å². The van der Waals surface area contributed by atoms with Crippen molar-refractivity contribution in [3.05, 3.63) is 18.0 Å². The van der Waals surface area contributed by atoms with Crippen LogP contribution in [-0.4, -0.2) is 65.6 Å². The van der Waals surface area contributed by atoms with Crippen LogP contribution in [0.25, 0.3) is 0 Å². The molecule has 4 rings (SSSR count). The average Bonchev–Trinajstić information content (AvgIpc) is 3.11. The Labute approximate surface area is 162 Å². The van der Waals surface area contributed by atoms with Crippen molar-refractivity contribution in [1.29, 1.82) is 0 Å². The number of hydrogen-bond acceptors (Lipinski definition) is 4. The van der Waals surface area contributed by atoms with Gasteiger partial charge in [0.25, 0.3) is 0 Å². The minimum atomic E-state index is 0.0384. The number of aryl methyl sites for hydroxylation is 1. The molecule has 4 atom stereocenters. The Hall–Kier alpha value is -1.60. The van der Waals surface area contributed by atoms with Crippen LogP contribution in [-0.2, 0) is 16.5 Å². The number of fused-ring (bicyclic) bond motifs is 1. The van der Waals surface area contributed by atoms with E-state index in [1.165, 1.54) is 6.42 Å². The van der Waals surface area contributed by atoms with Gasteiger partial charge < -0.3 is 19.7 Å². The Balaban J connectivity index is 1.47. The molecule has 1 aromatic heterocycles. The van der Waals surface area contributed by atoms with Gasteiger partial charge in [-0.1, -0.05) is 13.8 Å². The summed E-state index contributed by atoms with van der Waals surface area (Å²) in [5, 5.41) is 8.10. The first kappa shape index (κ1) is 18.7. The van der Waals surface area contributed by atoms with Crippen LogP contribution in [0.3, 0.4) is 0 Å². The zero-order valence-corrected chi connectivity index (χ0v) is 17.0. The van der Waals surface area contributed by atoms with E-state index in [1.54, 1.807) is 0 Å². The molecule has 7 heteroatoms. The maximum atomic E-state index is 6.06. The second-order valence-corrected chi connectivity index (χ2v) is 8.59. The first-order valence-electron chi connectivity index (χ1n) is 10.3. The fraction of sp³-hybridized carbons (Fsp3) is 0.800. The number of hydrogen-bond donors (Lipinski definition) is 1. The van der Waals surface area contributed by atoms with E-state index in [-0.39, 0.29) is 11.5 Å². The van der Waals surface area contributed by atoms with Gasteiger partial charge in [0.2, 0.25) is 0 Å². The monoisotopic (exact) mass is 375 g/mol. The van der Waals surface area contributed by atoms with Crippen LogP contribution in [0.2, 0.25) is 0 Å². The van der Waals surface area contributed by atoms with Gasteiger partial charge in [0.05, 0.1) is 25.5 Å². The highest BCUT2D eigenvalue weighted by Crippen LogP contribution is 2.51. The third-order valence-corrected chi connectivity index (χ3v) is 6.39. The molecule has 0 aromatic carbocycles. The number of ether oxygens (including phenoxy) is 2. The Morgan fingerprint density at radius 3 is 2.96 bits per heavy atom. The molecular weight excluding hydrogens is 342 g/mol. The SMILES string of the molecule is CCN=C(NC1C2CCCOC2C1(C)C)N1CCOC(c2cnn(C)c2)C1. The van der Waals surface area contributed by atoms with Gasteiger partial charge in [0.15, 0.2) is 5.96 Å². The van der Waals surface area contributed by atoms with Crippen LogP contribution in [0.4, 0.5) is 0 Å². The van der Waals surface area contributed by atoms with E-state index in [4.69, 9.17) is 14.5 Å². The summed E-state index contributed by atoms with van der Waals surface area (Å²) in [6.45, 7) is 10.8. The Morgan fingerprint density at radius 2 is 2.22 bits per heavy atom. The maximum Gasteiger partial charge on any atom is 0.194 e. The highest BCUT2D eigenvalue weighted by atomic mass is 16.5. The van der Waals surface area contributed by atoms with Crippen molar-refractivity contribution in [2.45, 2.75) is 51.9 Å². The van der Waals surface area contributed by atoms with E-state index >= 15 is 0 Å². The molecular formula is C20H33N5O2. The van der Waals surface area contributed by atoms with E-state index in [0.717, 1.165) is 44.2 Å². The molecule has 0 amide bonds. The molecule has 27 heavy (non-hydrogen) atoms. The van der Waals surface area contributed by atoms with E-state index in [0.29, 0.717) is 24.7 Å². The fourth-order valence-electron chi connectivity index (χ4n) is 4.99. The molecule has 1 saturated carbocycles. The van der Waals surface area contributed by atoms with Gasteiger partial charge in [-0.3, -0.25) is 9.67 Å². The zero-order chi connectivity index (χ0) is 19.0. The molecule has 2 aliphatic heterocycles. The molecule has 3 heterocycles. The van der Waals surface area contributed by atoms with Crippen molar-refractivity contribution in [3.63, 3.8) is 0 Å². The first-order chi connectivity index (χ1) is 13.0. The quantitative estimate of drug-likeness (QED) is 0.646. The van der Waals surface area contributed by atoms with Crippen molar-refractivity contribution in [2.24, 2.45) is 23.4 Å². The summed E-state index contributed by atoms with van der Waals surface area (Å²) in [5.74, 6) is 1.60. The van der Waals surface area contributed by atoms with Crippen LogP contribution in [0.5, 0.6) is 0 Å². The Bertz CT molecular complexity index is 686.